The van der Waals surface area contributed by atoms with Crippen LogP contribution >= 0.6 is 0 Å². The average molecular weight is 589 g/mol. The largest absolute Gasteiger partial charge is 0.497 e. The Morgan fingerprint density at radius 3 is 2.49 bits per heavy atom. The number of aliphatic hydroxyl groups excluding tert-OH is 1. The van der Waals surface area contributed by atoms with Crippen molar-refractivity contribution >= 4 is 16.1 Å². The van der Waals surface area contributed by atoms with E-state index in [1.807, 2.05) is 44.2 Å². The average Bonchev–Trinajstić information content (AvgIpc) is 3.50. The molecular weight excluding hydrogens is 548 g/mol. The maximum atomic E-state index is 13.6. The highest BCUT2D eigenvalue weighted by Crippen LogP contribution is 2.47. The molecule has 1 aliphatic carbocycles. The number of nitrogens with one attached hydrogen (secondary N) is 1. The van der Waals surface area contributed by atoms with Crippen molar-refractivity contribution in [1.82, 2.24) is 9.62 Å². The van der Waals surface area contributed by atoms with Crippen LogP contribution in [0.1, 0.15) is 32.3 Å². The Morgan fingerprint density at radius 2 is 1.80 bits per heavy atom. The summed E-state index contributed by atoms with van der Waals surface area (Å²) in [4.78, 5) is 13.3. The summed E-state index contributed by atoms with van der Waals surface area (Å²) in [6, 6.07) is 14.8. The summed E-state index contributed by atoms with van der Waals surface area (Å²) in [7, 11) is -2.42. The van der Waals surface area contributed by atoms with Crippen LogP contribution in [0.3, 0.4) is 0 Å². The number of aliphatic hydroxyl groups is 1. The number of carbonyl (C=O) groups excluding carboxylic acids is 1. The standard InChI is InChI=1S/C30H40N2O8S/c1-19(2)16-32(41(35,36)23-11-9-21(37-3)10-12-23)17-27(33)26(13-20-7-5-4-6-8-20)31-30(34)40-28-15-22-14-24-25(28)18-38-29(24)39-22/h4-12,19,22,24-29,33H,13-18H2,1-3H3,(H,31,34)/t22-,24?,25?,26+,27-,28?,29?/m1/s1. The highest BCUT2D eigenvalue weighted by atomic mass is 32.2. The first kappa shape index (κ1) is 29.8. The van der Waals surface area contributed by atoms with Crippen LogP contribution in [-0.4, -0.2) is 81.4 Å². The molecule has 2 bridgehead atoms. The zero-order chi connectivity index (χ0) is 29.1. The smallest absolute Gasteiger partial charge is 0.407 e. The molecule has 2 aromatic carbocycles. The number of amides is 1. The van der Waals surface area contributed by atoms with Gasteiger partial charge in [0.15, 0.2) is 6.29 Å². The Hall–Kier alpha value is -2.70. The number of hydrogen-bond acceptors (Lipinski definition) is 8. The Kier molecular flexibility index (Phi) is 9.20. The summed E-state index contributed by atoms with van der Waals surface area (Å²) >= 11 is 0. The summed E-state index contributed by atoms with van der Waals surface area (Å²) in [5.74, 6) is 0.854. The molecule has 1 amide bonds. The molecule has 224 valence electrons. The van der Waals surface area contributed by atoms with E-state index in [-0.39, 0.29) is 54.2 Å². The predicted molar refractivity (Wildman–Crippen MR) is 151 cm³/mol. The monoisotopic (exact) mass is 588 g/mol. The fraction of sp³-hybridized carbons (Fsp3) is 0.567. The maximum absolute atomic E-state index is 13.6. The third-order valence-corrected chi connectivity index (χ3v) is 10.0. The van der Waals surface area contributed by atoms with Gasteiger partial charge in [0, 0.05) is 31.3 Å². The van der Waals surface area contributed by atoms with Gasteiger partial charge in [0.25, 0.3) is 0 Å². The fourth-order valence-corrected chi connectivity index (χ4v) is 7.74. The molecule has 11 heteroatoms. The first-order chi connectivity index (χ1) is 19.6. The number of rotatable bonds is 12. The SMILES string of the molecule is COc1ccc(S(=O)(=O)N(CC(C)C)C[C@@H](O)[C@H](Cc2ccccc2)NC(=O)OC2C[C@H]3CC4C(OCC24)O3)cc1. The minimum Gasteiger partial charge on any atom is -0.497 e. The van der Waals surface area contributed by atoms with E-state index in [0.717, 1.165) is 12.0 Å². The number of nitrogens with zero attached hydrogens (tertiary/aromatic N) is 1. The zero-order valence-corrected chi connectivity index (χ0v) is 24.5. The number of hydrogen-bond donors (Lipinski definition) is 2. The van der Waals surface area contributed by atoms with Crippen molar-refractivity contribution in [1.29, 1.82) is 0 Å². The number of methoxy groups -OCH3 is 1. The Bertz CT molecular complexity index is 1270. The van der Waals surface area contributed by atoms with Crippen LogP contribution in [0.4, 0.5) is 4.79 Å². The van der Waals surface area contributed by atoms with Gasteiger partial charge in [-0.1, -0.05) is 44.2 Å². The van der Waals surface area contributed by atoms with Gasteiger partial charge in [0.2, 0.25) is 10.0 Å². The quantitative estimate of drug-likeness (QED) is 0.388. The third kappa shape index (κ3) is 6.86. The second-order valence-electron chi connectivity index (χ2n) is 11.6. The lowest BCUT2D eigenvalue weighted by molar-refractivity contribution is -0.130. The topological polar surface area (TPSA) is 124 Å². The van der Waals surface area contributed by atoms with Crippen molar-refractivity contribution in [2.45, 2.75) is 68.6 Å². The number of sulfonamides is 1. The summed E-state index contributed by atoms with van der Waals surface area (Å²) in [5.41, 5.74) is 0.890. The van der Waals surface area contributed by atoms with Crippen LogP contribution in [0.5, 0.6) is 5.75 Å². The molecule has 10 nitrogen and oxygen atoms in total. The van der Waals surface area contributed by atoms with Crippen molar-refractivity contribution in [3.8, 4) is 5.75 Å². The van der Waals surface area contributed by atoms with Crippen LogP contribution in [0.25, 0.3) is 0 Å². The van der Waals surface area contributed by atoms with E-state index >= 15 is 0 Å². The van der Waals surface area contributed by atoms with E-state index < -0.39 is 28.3 Å². The zero-order valence-electron chi connectivity index (χ0n) is 23.7. The van der Waals surface area contributed by atoms with E-state index in [1.54, 1.807) is 12.1 Å². The predicted octanol–water partition coefficient (Wildman–Crippen LogP) is 3.19. The number of fused-ring (bicyclic) bond motifs is 1. The van der Waals surface area contributed by atoms with Crippen LogP contribution in [0, 0.1) is 17.8 Å². The second kappa shape index (κ2) is 12.7. The van der Waals surface area contributed by atoms with Gasteiger partial charge >= 0.3 is 6.09 Å². The first-order valence-electron chi connectivity index (χ1n) is 14.2. The van der Waals surface area contributed by atoms with Gasteiger partial charge in [-0.15, -0.1) is 0 Å². The van der Waals surface area contributed by atoms with E-state index in [9.17, 15) is 18.3 Å². The van der Waals surface area contributed by atoms with Gasteiger partial charge in [-0.25, -0.2) is 13.2 Å². The van der Waals surface area contributed by atoms with Crippen LogP contribution in [0.2, 0.25) is 0 Å². The lowest BCUT2D eigenvalue weighted by atomic mass is 9.79. The van der Waals surface area contributed by atoms with Gasteiger partial charge in [-0.2, -0.15) is 4.31 Å². The van der Waals surface area contributed by atoms with Crippen molar-refractivity contribution in [2.24, 2.45) is 17.8 Å². The fourth-order valence-electron chi connectivity index (χ4n) is 6.12. The summed E-state index contributed by atoms with van der Waals surface area (Å²) in [6.07, 6.45) is -0.570. The Balaban J connectivity index is 1.32. The minimum absolute atomic E-state index is 0.00191. The van der Waals surface area contributed by atoms with Crippen molar-refractivity contribution in [2.75, 3.05) is 26.8 Å². The normalized spacial score (nSPS) is 26.6. The molecule has 0 aromatic heterocycles. The molecule has 7 atom stereocenters. The van der Waals surface area contributed by atoms with E-state index in [2.05, 4.69) is 5.32 Å². The van der Waals surface area contributed by atoms with Gasteiger partial charge in [0.05, 0.1) is 36.9 Å². The Morgan fingerprint density at radius 1 is 1.07 bits per heavy atom. The van der Waals surface area contributed by atoms with E-state index in [0.29, 0.717) is 25.2 Å². The molecule has 4 unspecified atom stereocenters. The number of alkyl carbamates (subject to hydrolysis) is 1. The maximum Gasteiger partial charge on any atom is 0.407 e. The Labute approximate surface area is 242 Å². The minimum atomic E-state index is -3.94. The molecule has 0 radical (unpaired) electrons. The number of carbonyl (C=O) groups is 1. The van der Waals surface area contributed by atoms with Gasteiger partial charge in [0.1, 0.15) is 11.9 Å². The van der Waals surface area contributed by atoms with E-state index in [1.165, 1.54) is 23.5 Å². The number of ether oxygens (including phenoxy) is 4. The third-order valence-electron chi connectivity index (χ3n) is 8.17. The molecule has 41 heavy (non-hydrogen) atoms. The van der Waals surface area contributed by atoms with Crippen LogP contribution in [-0.2, 0) is 30.7 Å². The molecule has 3 aliphatic rings. The molecule has 0 spiro atoms. The number of benzene rings is 2. The lowest BCUT2D eigenvalue weighted by Gasteiger charge is -2.33. The molecule has 1 saturated carbocycles. The van der Waals surface area contributed by atoms with Crippen molar-refractivity contribution < 1.29 is 37.3 Å². The van der Waals surface area contributed by atoms with Crippen molar-refractivity contribution in [3.05, 3.63) is 60.2 Å². The van der Waals surface area contributed by atoms with Crippen molar-refractivity contribution in [3.63, 3.8) is 0 Å². The molecule has 2 saturated heterocycles. The van der Waals surface area contributed by atoms with Crippen LogP contribution < -0.4 is 10.1 Å². The van der Waals surface area contributed by atoms with Gasteiger partial charge in [-0.3, -0.25) is 0 Å². The molecule has 2 heterocycles. The molecule has 2 aliphatic heterocycles. The highest BCUT2D eigenvalue weighted by molar-refractivity contribution is 7.89. The second-order valence-corrected chi connectivity index (χ2v) is 13.5. The lowest BCUT2D eigenvalue weighted by Crippen LogP contribution is -2.52. The first-order valence-corrected chi connectivity index (χ1v) is 15.7. The van der Waals surface area contributed by atoms with Crippen LogP contribution in [0.15, 0.2) is 59.5 Å². The van der Waals surface area contributed by atoms with Gasteiger partial charge in [-0.05, 0) is 48.6 Å². The molecule has 3 fully saturated rings. The highest BCUT2D eigenvalue weighted by Gasteiger charge is 2.54. The molecule has 2 aromatic rings. The molecular formula is C30H40N2O8S. The summed E-state index contributed by atoms with van der Waals surface area (Å²) in [6.45, 7) is 4.31. The summed E-state index contributed by atoms with van der Waals surface area (Å²) in [5, 5.41) is 14.3. The molecule has 5 rings (SSSR count). The summed E-state index contributed by atoms with van der Waals surface area (Å²) < 4.78 is 51.3. The molecule has 2 N–H and O–H groups in total. The van der Waals surface area contributed by atoms with E-state index in [4.69, 9.17) is 18.9 Å². The van der Waals surface area contributed by atoms with Gasteiger partial charge < -0.3 is 29.4 Å².